The van der Waals surface area contributed by atoms with Crippen molar-refractivity contribution in [1.82, 2.24) is 20.1 Å². The van der Waals surface area contributed by atoms with Crippen LogP contribution in [0.15, 0.2) is 12.1 Å². The Bertz CT molecular complexity index is 767. The van der Waals surface area contributed by atoms with E-state index in [4.69, 9.17) is 4.74 Å². The molecule has 134 valence electrons. The third-order valence-corrected chi connectivity index (χ3v) is 4.73. The first-order valence-corrected chi connectivity index (χ1v) is 8.93. The van der Waals surface area contributed by atoms with Crippen LogP contribution in [0.25, 0.3) is 0 Å². The van der Waals surface area contributed by atoms with Crippen molar-refractivity contribution in [3.05, 3.63) is 40.5 Å². The van der Waals surface area contributed by atoms with Crippen molar-refractivity contribution >= 4 is 5.91 Å². The number of rotatable bonds is 6. The molecule has 0 spiro atoms. The maximum atomic E-state index is 12.1. The van der Waals surface area contributed by atoms with Gasteiger partial charge in [-0.05, 0) is 56.4 Å². The Hall–Kier alpha value is -2.37. The predicted octanol–water partition coefficient (Wildman–Crippen LogP) is 2.62. The number of nitrogens with zero attached hydrogens (tertiary/aromatic N) is 3. The summed E-state index contributed by atoms with van der Waals surface area (Å²) in [5.41, 5.74) is 3.50. The summed E-state index contributed by atoms with van der Waals surface area (Å²) in [5.74, 6) is 2.70. The van der Waals surface area contributed by atoms with E-state index in [-0.39, 0.29) is 5.91 Å². The molecule has 0 saturated heterocycles. The normalized spacial score (nSPS) is 13.4. The van der Waals surface area contributed by atoms with E-state index in [2.05, 4.69) is 33.1 Å². The molecule has 3 rings (SSSR count). The van der Waals surface area contributed by atoms with Crippen LogP contribution >= 0.6 is 0 Å². The number of hydrogen-bond acceptors (Lipinski definition) is 4. The SMILES string of the molecule is Cc1cc(C)c(C)c(OCCC(=O)NCc2nnc3n2CCCC3)c1. The number of hydrogen-bond donors (Lipinski definition) is 1. The van der Waals surface area contributed by atoms with Crippen LogP contribution in [0.3, 0.4) is 0 Å². The summed E-state index contributed by atoms with van der Waals surface area (Å²) < 4.78 is 7.93. The molecule has 1 aliphatic heterocycles. The number of carbonyl (C=O) groups excluding carboxylic acids is 1. The monoisotopic (exact) mass is 342 g/mol. The molecule has 1 amide bonds. The van der Waals surface area contributed by atoms with Gasteiger partial charge >= 0.3 is 0 Å². The van der Waals surface area contributed by atoms with Crippen LogP contribution in [-0.2, 0) is 24.3 Å². The second kappa shape index (κ2) is 7.68. The van der Waals surface area contributed by atoms with E-state index < -0.39 is 0 Å². The lowest BCUT2D eigenvalue weighted by atomic mass is 10.1. The first-order chi connectivity index (χ1) is 12.0. The van der Waals surface area contributed by atoms with E-state index in [1.165, 1.54) is 17.5 Å². The molecule has 2 aromatic rings. The highest BCUT2D eigenvalue weighted by Gasteiger charge is 2.16. The molecular formula is C19H26N4O2. The van der Waals surface area contributed by atoms with E-state index in [0.29, 0.717) is 19.6 Å². The van der Waals surface area contributed by atoms with Crippen molar-refractivity contribution < 1.29 is 9.53 Å². The molecule has 1 N–H and O–H groups in total. The van der Waals surface area contributed by atoms with Gasteiger partial charge in [0.05, 0.1) is 19.6 Å². The minimum Gasteiger partial charge on any atom is -0.493 e. The largest absolute Gasteiger partial charge is 0.493 e. The van der Waals surface area contributed by atoms with E-state index >= 15 is 0 Å². The van der Waals surface area contributed by atoms with Crippen LogP contribution in [0.5, 0.6) is 5.75 Å². The molecule has 2 heterocycles. The Morgan fingerprint density at radius 3 is 2.92 bits per heavy atom. The summed E-state index contributed by atoms with van der Waals surface area (Å²) in [5, 5.41) is 11.3. The van der Waals surface area contributed by atoms with Gasteiger partial charge < -0.3 is 14.6 Å². The van der Waals surface area contributed by atoms with Crippen molar-refractivity contribution in [3.63, 3.8) is 0 Å². The second-order valence-corrected chi connectivity index (χ2v) is 6.72. The summed E-state index contributed by atoms with van der Waals surface area (Å²) in [4.78, 5) is 12.1. The standard InChI is InChI=1S/C19H26N4O2/c1-13-10-14(2)15(3)16(11-13)25-9-7-19(24)20-12-18-22-21-17-6-4-5-8-23(17)18/h10-11H,4-9,12H2,1-3H3,(H,20,24). The molecule has 25 heavy (non-hydrogen) atoms. The van der Waals surface area contributed by atoms with Crippen LogP contribution in [-0.4, -0.2) is 27.3 Å². The zero-order valence-corrected chi connectivity index (χ0v) is 15.3. The predicted molar refractivity (Wildman–Crippen MR) is 95.6 cm³/mol. The van der Waals surface area contributed by atoms with Crippen molar-refractivity contribution in [1.29, 1.82) is 0 Å². The topological polar surface area (TPSA) is 69.0 Å². The second-order valence-electron chi connectivity index (χ2n) is 6.72. The fourth-order valence-electron chi connectivity index (χ4n) is 3.17. The summed E-state index contributed by atoms with van der Waals surface area (Å²) >= 11 is 0. The molecule has 0 saturated carbocycles. The molecule has 1 aliphatic rings. The highest BCUT2D eigenvalue weighted by molar-refractivity contribution is 5.75. The quantitative estimate of drug-likeness (QED) is 0.876. The summed E-state index contributed by atoms with van der Waals surface area (Å²) in [6.45, 7) is 7.90. The molecule has 1 aromatic heterocycles. The number of fused-ring (bicyclic) bond motifs is 1. The molecule has 1 aromatic carbocycles. The van der Waals surface area contributed by atoms with Gasteiger partial charge in [-0.1, -0.05) is 6.07 Å². The Labute approximate surface area is 148 Å². The van der Waals surface area contributed by atoms with Gasteiger partial charge in [0.25, 0.3) is 0 Å². The van der Waals surface area contributed by atoms with Gasteiger partial charge in [-0.15, -0.1) is 10.2 Å². The van der Waals surface area contributed by atoms with Crippen molar-refractivity contribution in [3.8, 4) is 5.75 Å². The molecule has 0 atom stereocenters. The third kappa shape index (κ3) is 4.18. The first kappa shape index (κ1) is 17.5. The molecule has 6 heteroatoms. The molecule has 0 unspecified atom stereocenters. The number of amides is 1. The minimum absolute atomic E-state index is 0.0322. The Balaban J connectivity index is 1.47. The van der Waals surface area contributed by atoms with E-state index in [9.17, 15) is 4.79 Å². The van der Waals surface area contributed by atoms with E-state index in [0.717, 1.165) is 42.3 Å². The Morgan fingerprint density at radius 1 is 1.24 bits per heavy atom. The zero-order chi connectivity index (χ0) is 17.8. The smallest absolute Gasteiger partial charge is 0.223 e. The summed E-state index contributed by atoms with van der Waals surface area (Å²) in [7, 11) is 0. The van der Waals surface area contributed by atoms with Gasteiger partial charge in [0.15, 0.2) is 5.82 Å². The zero-order valence-electron chi connectivity index (χ0n) is 15.3. The number of aromatic nitrogens is 3. The fraction of sp³-hybridized carbons (Fsp3) is 0.526. The molecular weight excluding hydrogens is 316 g/mol. The van der Waals surface area contributed by atoms with Crippen molar-refractivity contribution in [2.24, 2.45) is 0 Å². The van der Waals surface area contributed by atoms with Crippen LogP contribution in [0.2, 0.25) is 0 Å². The lowest BCUT2D eigenvalue weighted by Gasteiger charge is -2.15. The Morgan fingerprint density at radius 2 is 2.08 bits per heavy atom. The molecule has 0 fully saturated rings. The number of benzene rings is 1. The van der Waals surface area contributed by atoms with E-state index in [1.807, 2.05) is 19.9 Å². The van der Waals surface area contributed by atoms with Gasteiger partial charge in [-0.25, -0.2) is 0 Å². The molecule has 0 radical (unpaired) electrons. The first-order valence-electron chi connectivity index (χ1n) is 8.93. The highest BCUT2D eigenvalue weighted by Crippen LogP contribution is 2.23. The summed E-state index contributed by atoms with van der Waals surface area (Å²) in [6.07, 6.45) is 3.62. The van der Waals surface area contributed by atoms with Crippen LogP contribution in [0, 0.1) is 20.8 Å². The average Bonchev–Trinajstić information content (AvgIpc) is 3.00. The minimum atomic E-state index is -0.0322. The Kier molecular flexibility index (Phi) is 5.36. The van der Waals surface area contributed by atoms with Gasteiger partial charge in [0, 0.05) is 13.0 Å². The van der Waals surface area contributed by atoms with Crippen molar-refractivity contribution in [2.75, 3.05) is 6.61 Å². The maximum absolute atomic E-state index is 12.1. The highest BCUT2D eigenvalue weighted by atomic mass is 16.5. The van der Waals surface area contributed by atoms with Crippen LogP contribution in [0.4, 0.5) is 0 Å². The van der Waals surface area contributed by atoms with Crippen molar-refractivity contribution in [2.45, 2.75) is 59.5 Å². The van der Waals surface area contributed by atoms with Gasteiger partial charge in [0.2, 0.25) is 5.91 Å². The van der Waals surface area contributed by atoms with Crippen LogP contribution < -0.4 is 10.1 Å². The fourth-order valence-corrected chi connectivity index (χ4v) is 3.17. The molecule has 0 aliphatic carbocycles. The van der Waals surface area contributed by atoms with Gasteiger partial charge in [-0.3, -0.25) is 4.79 Å². The third-order valence-electron chi connectivity index (χ3n) is 4.73. The maximum Gasteiger partial charge on any atom is 0.223 e. The molecule has 6 nitrogen and oxygen atoms in total. The number of nitrogens with one attached hydrogen (secondary N) is 1. The van der Waals surface area contributed by atoms with E-state index in [1.54, 1.807) is 0 Å². The number of ether oxygens (including phenoxy) is 1. The lowest BCUT2D eigenvalue weighted by Crippen LogP contribution is -2.26. The number of carbonyl (C=O) groups is 1. The summed E-state index contributed by atoms with van der Waals surface area (Å²) in [6, 6.07) is 4.15. The van der Waals surface area contributed by atoms with Gasteiger partial charge in [0.1, 0.15) is 11.6 Å². The average molecular weight is 342 g/mol. The van der Waals surface area contributed by atoms with Gasteiger partial charge in [-0.2, -0.15) is 0 Å². The lowest BCUT2D eigenvalue weighted by molar-refractivity contribution is -0.121. The van der Waals surface area contributed by atoms with Crippen LogP contribution in [0.1, 0.15) is 47.6 Å². The molecule has 0 bridgehead atoms. The number of aryl methyl sites for hydroxylation is 3.